The highest BCUT2D eigenvalue weighted by Gasteiger charge is 2.20. The van der Waals surface area contributed by atoms with Gasteiger partial charge in [-0.3, -0.25) is 4.79 Å². The standard InChI is InChI=1S/C16H15NO4/c1-11-6-5-9-17-15(11)21-10-12-7-3-4-8-13(12)14(18)16(19)20-2/h3-9H,10H2,1-2H3. The maximum atomic E-state index is 11.9. The molecule has 0 radical (unpaired) electrons. The van der Waals surface area contributed by atoms with Crippen LogP contribution in [0.4, 0.5) is 0 Å². The van der Waals surface area contributed by atoms with E-state index in [0.717, 1.165) is 5.56 Å². The van der Waals surface area contributed by atoms with E-state index in [4.69, 9.17) is 4.74 Å². The number of carbonyl (C=O) groups excluding carboxylic acids is 2. The first-order valence-electron chi connectivity index (χ1n) is 6.38. The topological polar surface area (TPSA) is 65.5 Å². The van der Waals surface area contributed by atoms with Crippen molar-refractivity contribution in [3.8, 4) is 5.88 Å². The molecule has 0 aliphatic carbocycles. The minimum absolute atomic E-state index is 0.150. The first-order chi connectivity index (χ1) is 10.1. The van der Waals surface area contributed by atoms with Gasteiger partial charge in [-0.2, -0.15) is 0 Å². The predicted octanol–water partition coefficient (Wildman–Crippen LogP) is 2.32. The summed E-state index contributed by atoms with van der Waals surface area (Å²) in [6.45, 7) is 2.03. The Morgan fingerprint density at radius 2 is 1.90 bits per heavy atom. The van der Waals surface area contributed by atoms with E-state index in [1.807, 2.05) is 19.1 Å². The molecule has 108 valence electrons. The molecular formula is C16H15NO4. The number of nitrogens with zero attached hydrogens (tertiary/aromatic N) is 1. The van der Waals surface area contributed by atoms with Gasteiger partial charge in [-0.15, -0.1) is 0 Å². The Kier molecular flexibility index (Phi) is 4.66. The van der Waals surface area contributed by atoms with Gasteiger partial charge in [-0.25, -0.2) is 9.78 Å². The third kappa shape index (κ3) is 3.45. The van der Waals surface area contributed by atoms with Crippen LogP contribution in [-0.4, -0.2) is 23.8 Å². The Labute approximate surface area is 122 Å². The number of rotatable bonds is 5. The van der Waals surface area contributed by atoms with Crippen molar-refractivity contribution in [1.82, 2.24) is 4.98 Å². The van der Waals surface area contributed by atoms with E-state index in [-0.39, 0.29) is 12.2 Å². The molecule has 0 aliphatic heterocycles. The van der Waals surface area contributed by atoms with E-state index < -0.39 is 11.8 Å². The summed E-state index contributed by atoms with van der Waals surface area (Å²) in [7, 11) is 1.18. The molecule has 0 unspecified atom stereocenters. The first-order valence-corrected chi connectivity index (χ1v) is 6.38. The number of hydrogen-bond donors (Lipinski definition) is 0. The summed E-state index contributed by atoms with van der Waals surface area (Å²) in [5.41, 5.74) is 1.78. The zero-order chi connectivity index (χ0) is 15.2. The molecule has 0 atom stereocenters. The molecule has 0 saturated heterocycles. The van der Waals surface area contributed by atoms with Crippen LogP contribution in [-0.2, 0) is 16.1 Å². The number of methoxy groups -OCH3 is 1. The lowest BCUT2D eigenvalue weighted by Gasteiger charge is -2.10. The van der Waals surface area contributed by atoms with Crippen LogP contribution in [0.15, 0.2) is 42.6 Å². The Morgan fingerprint density at radius 3 is 2.62 bits per heavy atom. The minimum Gasteiger partial charge on any atom is -0.473 e. The monoisotopic (exact) mass is 285 g/mol. The Morgan fingerprint density at radius 1 is 1.14 bits per heavy atom. The van der Waals surface area contributed by atoms with E-state index in [1.165, 1.54) is 7.11 Å². The van der Waals surface area contributed by atoms with Crippen molar-refractivity contribution in [3.63, 3.8) is 0 Å². The van der Waals surface area contributed by atoms with Crippen LogP contribution < -0.4 is 4.74 Å². The molecule has 0 fully saturated rings. The van der Waals surface area contributed by atoms with Gasteiger partial charge in [0, 0.05) is 22.9 Å². The average Bonchev–Trinajstić information content (AvgIpc) is 2.53. The van der Waals surface area contributed by atoms with Crippen molar-refractivity contribution in [1.29, 1.82) is 0 Å². The van der Waals surface area contributed by atoms with E-state index >= 15 is 0 Å². The summed E-state index contributed by atoms with van der Waals surface area (Å²) in [6, 6.07) is 10.5. The van der Waals surface area contributed by atoms with E-state index in [9.17, 15) is 9.59 Å². The van der Waals surface area contributed by atoms with Crippen molar-refractivity contribution < 1.29 is 19.1 Å². The summed E-state index contributed by atoms with van der Waals surface area (Å²) in [6.07, 6.45) is 1.63. The van der Waals surface area contributed by atoms with Gasteiger partial charge >= 0.3 is 5.97 Å². The fraction of sp³-hybridized carbons (Fsp3) is 0.188. The highest BCUT2D eigenvalue weighted by molar-refractivity contribution is 6.40. The molecule has 0 aliphatic rings. The number of aromatic nitrogens is 1. The SMILES string of the molecule is COC(=O)C(=O)c1ccccc1COc1ncccc1C. The van der Waals surface area contributed by atoms with Crippen molar-refractivity contribution in [2.75, 3.05) is 7.11 Å². The Balaban J connectivity index is 2.19. The number of carbonyl (C=O) groups is 2. The zero-order valence-electron chi connectivity index (χ0n) is 11.8. The fourth-order valence-electron chi connectivity index (χ4n) is 1.84. The number of Topliss-reactive ketones (excluding diaryl/α,β-unsaturated/α-hetero) is 1. The summed E-state index contributed by atoms with van der Waals surface area (Å²) < 4.78 is 10.1. The molecule has 0 saturated carbocycles. The van der Waals surface area contributed by atoms with Crippen LogP contribution in [0, 0.1) is 6.92 Å². The second kappa shape index (κ2) is 6.65. The molecule has 0 amide bonds. The van der Waals surface area contributed by atoms with Crippen LogP contribution in [0.1, 0.15) is 21.5 Å². The highest BCUT2D eigenvalue weighted by atomic mass is 16.5. The van der Waals surface area contributed by atoms with Crippen LogP contribution in [0.5, 0.6) is 5.88 Å². The lowest BCUT2D eigenvalue weighted by atomic mass is 10.0. The second-order valence-electron chi connectivity index (χ2n) is 4.39. The van der Waals surface area contributed by atoms with Gasteiger partial charge in [0.2, 0.25) is 5.88 Å². The minimum atomic E-state index is -0.892. The molecule has 0 spiro atoms. The van der Waals surface area contributed by atoms with E-state index in [2.05, 4.69) is 9.72 Å². The molecule has 5 nitrogen and oxygen atoms in total. The van der Waals surface area contributed by atoms with Gasteiger partial charge in [0.25, 0.3) is 5.78 Å². The van der Waals surface area contributed by atoms with Crippen LogP contribution in [0.2, 0.25) is 0 Å². The van der Waals surface area contributed by atoms with Gasteiger partial charge in [0.1, 0.15) is 6.61 Å². The maximum absolute atomic E-state index is 11.9. The molecule has 0 N–H and O–H groups in total. The summed E-state index contributed by atoms with van der Waals surface area (Å²) in [4.78, 5) is 27.4. The molecular weight excluding hydrogens is 270 g/mol. The molecule has 0 bridgehead atoms. The van der Waals surface area contributed by atoms with E-state index in [1.54, 1.807) is 30.5 Å². The average molecular weight is 285 g/mol. The summed E-state index contributed by atoms with van der Waals surface area (Å²) in [5, 5.41) is 0. The Bertz CT molecular complexity index is 667. The normalized spacial score (nSPS) is 10.0. The number of hydrogen-bond acceptors (Lipinski definition) is 5. The Hall–Kier alpha value is -2.69. The summed E-state index contributed by atoms with van der Waals surface area (Å²) in [5.74, 6) is -1.08. The molecule has 2 rings (SSSR count). The third-order valence-electron chi connectivity index (χ3n) is 2.96. The quantitative estimate of drug-likeness (QED) is 0.479. The third-order valence-corrected chi connectivity index (χ3v) is 2.96. The van der Waals surface area contributed by atoms with E-state index in [0.29, 0.717) is 11.4 Å². The molecule has 1 aromatic heterocycles. The fourth-order valence-corrected chi connectivity index (χ4v) is 1.84. The number of pyridine rings is 1. The number of esters is 1. The van der Waals surface area contributed by atoms with Crippen LogP contribution in [0.25, 0.3) is 0 Å². The summed E-state index contributed by atoms with van der Waals surface area (Å²) >= 11 is 0. The number of ether oxygens (including phenoxy) is 2. The molecule has 21 heavy (non-hydrogen) atoms. The van der Waals surface area contributed by atoms with Crippen LogP contribution >= 0.6 is 0 Å². The van der Waals surface area contributed by atoms with Gasteiger partial charge in [0.05, 0.1) is 7.11 Å². The molecule has 1 heterocycles. The molecule has 2 aromatic rings. The number of benzene rings is 1. The van der Waals surface area contributed by atoms with Gasteiger partial charge in [0.15, 0.2) is 0 Å². The van der Waals surface area contributed by atoms with Gasteiger partial charge in [-0.05, 0) is 13.0 Å². The maximum Gasteiger partial charge on any atom is 0.379 e. The largest absolute Gasteiger partial charge is 0.473 e. The lowest BCUT2D eigenvalue weighted by Crippen LogP contribution is -2.18. The first kappa shape index (κ1) is 14.7. The van der Waals surface area contributed by atoms with Gasteiger partial charge in [-0.1, -0.05) is 30.3 Å². The zero-order valence-corrected chi connectivity index (χ0v) is 11.8. The number of ketones is 1. The molecule has 5 heteroatoms. The van der Waals surface area contributed by atoms with Crippen LogP contribution in [0.3, 0.4) is 0 Å². The van der Waals surface area contributed by atoms with Crippen molar-refractivity contribution in [2.45, 2.75) is 13.5 Å². The lowest BCUT2D eigenvalue weighted by molar-refractivity contribution is -0.135. The predicted molar refractivity (Wildman–Crippen MR) is 76.1 cm³/mol. The highest BCUT2D eigenvalue weighted by Crippen LogP contribution is 2.17. The van der Waals surface area contributed by atoms with Crippen molar-refractivity contribution in [3.05, 3.63) is 59.3 Å². The smallest absolute Gasteiger partial charge is 0.379 e. The van der Waals surface area contributed by atoms with Crippen molar-refractivity contribution in [2.24, 2.45) is 0 Å². The van der Waals surface area contributed by atoms with Crippen molar-refractivity contribution >= 4 is 11.8 Å². The molecule has 1 aromatic carbocycles. The van der Waals surface area contributed by atoms with Gasteiger partial charge < -0.3 is 9.47 Å². The number of aryl methyl sites for hydroxylation is 1. The second-order valence-corrected chi connectivity index (χ2v) is 4.39.